The summed E-state index contributed by atoms with van der Waals surface area (Å²) < 4.78 is 5.28. The predicted molar refractivity (Wildman–Crippen MR) is 58.9 cm³/mol. The lowest BCUT2D eigenvalue weighted by Gasteiger charge is -2.26. The molecule has 1 aromatic heterocycles. The number of morpholine rings is 1. The van der Waals surface area contributed by atoms with E-state index in [9.17, 15) is 0 Å². The molecule has 0 saturated carbocycles. The number of imidazole rings is 1. The van der Waals surface area contributed by atoms with E-state index in [0.29, 0.717) is 5.82 Å². The summed E-state index contributed by atoms with van der Waals surface area (Å²) in [7, 11) is 0. The molecule has 1 aliphatic heterocycles. The van der Waals surface area contributed by atoms with Crippen LogP contribution in [0.4, 0.5) is 0 Å². The fraction of sp³-hybridized carbons (Fsp3) is 0.600. The molecule has 0 unspecified atom stereocenters. The van der Waals surface area contributed by atoms with E-state index in [2.05, 4.69) is 20.0 Å². The summed E-state index contributed by atoms with van der Waals surface area (Å²) in [6.45, 7) is 4.63. The number of nitrogens with one attached hydrogen (secondary N) is 1. The van der Waals surface area contributed by atoms with Crippen LogP contribution in [0.3, 0.4) is 0 Å². The lowest BCUT2D eigenvalue weighted by Crippen LogP contribution is -2.37. The number of hydrogen-bond acceptors (Lipinski definition) is 5. The number of aromatic nitrogens is 2. The molecular weight excluding hydrogens is 208 g/mol. The van der Waals surface area contributed by atoms with Crippen LogP contribution < -0.4 is 0 Å². The average Bonchev–Trinajstić information content (AvgIpc) is 2.76. The third-order valence-corrected chi connectivity index (χ3v) is 2.62. The Kier molecular flexibility index (Phi) is 3.90. The monoisotopic (exact) mass is 224 g/mol. The zero-order valence-electron chi connectivity index (χ0n) is 9.09. The Hall–Kier alpha value is -1.40. The normalized spacial score (nSPS) is 18.2. The van der Waals surface area contributed by atoms with Gasteiger partial charge < -0.3 is 14.9 Å². The van der Waals surface area contributed by atoms with Crippen LogP contribution in [0.2, 0.25) is 0 Å². The Labute approximate surface area is 93.9 Å². The second kappa shape index (κ2) is 5.62. The van der Waals surface area contributed by atoms with E-state index < -0.39 is 0 Å². The van der Waals surface area contributed by atoms with Crippen molar-refractivity contribution in [2.75, 3.05) is 32.8 Å². The smallest absolute Gasteiger partial charge is 0.152 e. The maximum atomic E-state index is 8.35. The fourth-order valence-electron chi connectivity index (χ4n) is 1.72. The number of rotatable bonds is 4. The van der Waals surface area contributed by atoms with Crippen LogP contribution >= 0.6 is 0 Å². The van der Waals surface area contributed by atoms with Crippen molar-refractivity contribution in [3.8, 4) is 0 Å². The molecule has 88 valence electrons. The summed E-state index contributed by atoms with van der Waals surface area (Å²) in [5.41, 5.74) is 0.987. The van der Waals surface area contributed by atoms with Gasteiger partial charge in [0.15, 0.2) is 5.82 Å². The van der Waals surface area contributed by atoms with Crippen LogP contribution in [-0.2, 0) is 11.2 Å². The van der Waals surface area contributed by atoms with Crippen molar-refractivity contribution < 1.29 is 9.94 Å². The van der Waals surface area contributed by atoms with Crippen LogP contribution in [0, 0.1) is 0 Å². The van der Waals surface area contributed by atoms with E-state index in [1.807, 2.05) is 6.20 Å². The van der Waals surface area contributed by atoms with Crippen LogP contribution in [0.25, 0.3) is 0 Å². The molecule has 1 saturated heterocycles. The molecule has 0 amide bonds. The number of H-pyrrole nitrogens is 1. The Bertz CT molecular complexity index is 344. The Morgan fingerprint density at radius 1 is 1.56 bits per heavy atom. The molecule has 1 aromatic rings. The van der Waals surface area contributed by atoms with Gasteiger partial charge in [-0.3, -0.25) is 4.90 Å². The molecule has 0 atom stereocenters. The molecule has 1 aliphatic rings. The highest BCUT2D eigenvalue weighted by Gasteiger charge is 2.10. The highest BCUT2D eigenvalue weighted by atomic mass is 16.5. The molecule has 0 aromatic carbocycles. The largest absolute Gasteiger partial charge is 0.411 e. The number of hydrogen-bond donors (Lipinski definition) is 2. The van der Waals surface area contributed by atoms with Crippen molar-refractivity contribution in [1.82, 2.24) is 14.9 Å². The molecule has 2 rings (SSSR count). The van der Waals surface area contributed by atoms with Crippen molar-refractivity contribution >= 4 is 6.21 Å². The molecule has 2 N–H and O–H groups in total. The van der Waals surface area contributed by atoms with E-state index in [0.717, 1.165) is 45.0 Å². The molecule has 6 heteroatoms. The van der Waals surface area contributed by atoms with Crippen LogP contribution in [0.1, 0.15) is 11.5 Å². The Balaban J connectivity index is 1.79. The third-order valence-electron chi connectivity index (χ3n) is 2.62. The van der Waals surface area contributed by atoms with Gasteiger partial charge in [-0.1, -0.05) is 5.16 Å². The zero-order chi connectivity index (χ0) is 11.2. The molecule has 16 heavy (non-hydrogen) atoms. The van der Waals surface area contributed by atoms with Gasteiger partial charge in [-0.05, 0) is 0 Å². The van der Waals surface area contributed by atoms with E-state index in [1.54, 1.807) is 0 Å². The minimum absolute atomic E-state index is 0.583. The lowest BCUT2D eigenvalue weighted by molar-refractivity contribution is 0.0383. The van der Waals surface area contributed by atoms with E-state index in [4.69, 9.17) is 9.94 Å². The van der Waals surface area contributed by atoms with Crippen molar-refractivity contribution in [2.24, 2.45) is 5.16 Å². The minimum atomic E-state index is 0.583. The van der Waals surface area contributed by atoms with Gasteiger partial charge in [0.05, 0.1) is 18.9 Å². The minimum Gasteiger partial charge on any atom is -0.411 e. The standard InChI is InChI=1S/C10H16N4O2/c15-12-8-10-11-7-9(13-10)1-2-14-3-5-16-6-4-14/h7-8,15H,1-6H2,(H,11,13). The van der Waals surface area contributed by atoms with E-state index >= 15 is 0 Å². The number of oxime groups is 1. The molecule has 6 nitrogen and oxygen atoms in total. The summed E-state index contributed by atoms with van der Waals surface area (Å²) in [6, 6.07) is 0. The second-order valence-corrected chi connectivity index (χ2v) is 3.73. The predicted octanol–water partition coefficient (Wildman–Crippen LogP) is 0.0925. The topological polar surface area (TPSA) is 73.7 Å². The zero-order valence-corrected chi connectivity index (χ0v) is 9.09. The summed E-state index contributed by atoms with van der Waals surface area (Å²) in [6.07, 6.45) is 4.03. The first kappa shape index (κ1) is 11.1. The van der Waals surface area contributed by atoms with Crippen LogP contribution in [0.15, 0.2) is 11.4 Å². The maximum absolute atomic E-state index is 8.35. The van der Waals surface area contributed by atoms with Gasteiger partial charge >= 0.3 is 0 Å². The average molecular weight is 224 g/mol. The number of aromatic amines is 1. The molecule has 2 heterocycles. The van der Waals surface area contributed by atoms with Gasteiger partial charge in [-0.2, -0.15) is 0 Å². The first-order valence-corrected chi connectivity index (χ1v) is 5.40. The van der Waals surface area contributed by atoms with E-state index in [1.165, 1.54) is 6.21 Å². The van der Waals surface area contributed by atoms with Gasteiger partial charge in [0.2, 0.25) is 0 Å². The fourth-order valence-corrected chi connectivity index (χ4v) is 1.72. The summed E-state index contributed by atoms with van der Waals surface area (Å²) >= 11 is 0. The first-order valence-electron chi connectivity index (χ1n) is 5.40. The maximum Gasteiger partial charge on any atom is 0.152 e. The Morgan fingerprint density at radius 2 is 2.38 bits per heavy atom. The molecule has 0 bridgehead atoms. The number of nitrogens with zero attached hydrogens (tertiary/aromatic N) is 3. The van der Waals surface area contributed by atoms with Gasteiger partial charge in [0.1, 0.15) is 6.21 Å². The summed E-state index contributed by atoms with van der Waals surface area (Å²) in [4.78, 5) is 9.55. The molecular formula is C10H16N4O2. The number of ether oxygens (including phenoxy) is 1. The first-order chi connectivity index (χ1) is 7.88. The highest BCUT2D eigenvalue weighted by Crippen LogP contribution is 2.01. The quantitative estimate of drug-likeness (QED) is 0.432. The van der Waals surface area contributed by atoms with Crippen molar-refractivity contribution in [3.05, 3.63) is 17.7 Å². The van der Waals surface area contributed by atoms with Gasteiger partial charge in [-0.25, -0.2) is 4.98 Å². The molecule has 0 radical (unpaired) electrons. The van der Waals surface area contributed by atoms with Crippen molar-refractivity contribution in [2.45, 2.75) is 6.42 Å². The van der Waals surface area contributed by atoms with Gasteiger partial charge in [0.25, 0.3) is 0 Å². The van der Waals surface area contributed by atoms with Crippen molar-refractivity contribution in [3.63, 3.8) is 0 Å². The summed E-state index contributed by atoms with van der Waals surface area (Å²) in [5.74, 6) is 0.583. The lowest BCUT2D eigenvalue weighted by atomic mass is 10.3. The molecule has 0 spiro atoms. The molecule has 1 fully saturated rings. The SMILES string of the molecule is ON=Cc1nc(CCN2CCOCC2)c[nH]1. The Morgan fingerprint density at radius 3 is 3.12 bits per heavy atom. The van der Waals surface area contributed by atoms with Crippen LogP contribution in [0.5, 0.6) is 0 Å². The highest BCUT2D eigenvalue weighted by molar-refractivity contribution is 5.73. The van der Waals surface area contributed by atoms with Crippen LogP contribution in [-0.4, -0.2) is 59.1 Å². The van der Waals surface area contributed by atoms with E-state index in [-0.39, 0.29) is 0 Å². The van der Waals surface area contributed by atoms with Gasteiger partial charge in [-0.15, -0.1) is 0 Å². The van der Waals surface area contributed by atoms with Gasteiger partial charge in [0, 0.05) is 32.3 Å². The molecule has 0 aliphatic carbocycles. The second-order valence-electron chi connectivity index (χ2n) is 3.73. The van der Waals surface area contributed by atoms with Crippen molar-refractivity contribution in [1.29, 1.82) is 0 Å². The third kappa shape index (κ3) is 3.04. The summed E-state index contributed by atoms with van der Waals surface area (Å²) in [5, 5.41) is 11.3.